The van der Waals surface area contributed by atoms with Gasteiger partial charge < -0.3 is 10.2 Å². The van der Waals surface area contributed by atoms with Crippen molar-refractivity contribution in [2.24, 2.45) is 0 Å². The topological polar surface area (TPSA) is 95.8 Å². The number of piperazine rings is 1. The molecule has 3 aromatic carbocycles. The molecule has 0 aromatic heterocycles. The summed E-state index contributed by atoms with van der Waals surface area (Å²) >= 11 is 0. The van der Waals surface area contributed by atoms with Crippen LogP contribution in [-0.2, 0) is 11.3 Å². The maximum Gasteiger partial charge on any atom is 0.293 e. The lowest BCUT2D eigenvalue weighted by molar-refractivity contribution is -0.384. The van der Waals surface area contributed by atoms with Gasteiger partial charge in [-0.15, -0.1) is 0 Å². The van der Waals surface area contributed by atoms with Gasteiger partial charge in [0.2, 0.25) is 5.91 Å². The second-order valence-corrected chi connectivity index (χ2v) is 8.18. The number of rotatable bonds is 8. The number of amides is 1. The summed E-state index contributed by atoms with van der Waals surface area (Å²) in [5.41, 5.74) is 2.22. The van der Waals surface area contributed by atoms with E-state index in [0.717, 1.165) is 5.56 Å². The van der Waals surface area contributed by atoms with Gasteiger partial charge in [0.15, 0.2) is 5.78 Å². The van der Waals surface area contributed by atoms with Crippen molar-refractivity contribution in [3.05, 3.63) is 106 Å². The average Bonchev–Trinajstić information content (AvgIpc) is 2.88. The Bertz CT molecular complexity index is 1160. The minimum Gasteiger partial charge on any atom is -0.363 e. The number of anilines is 1. The van der Waals surface area contributed by atoms with Crippen molar-refractivity contribution in [2.75, 3.05) is 37.6 Å². The molecule has 0 saturated carbocycles. The van der Waals surface area contributed by atoms with Crippen molar-refractivity contribution in [2.45, 2.75) is 6.54 Å². The quantitative estimate of drug-likeness (QED) is 0.316. The van der Waals surface area contributed by atoms with E-state index >= 15 is 0 Å². The molecule has 0 aliphatic carbocycles. The standard InChI is InChI=1S/C26H26N4O4/c31-25(27-18-20-7-3-1-4-8-20)19-28-13-15-29(16-14-28)23-12-11-22(17-24(23)30(33)34)26(32)21-9-5-2-6-10-21/h1-12,17H,13-16,18-19H2,(H,27,31). The van der Waals surface area contributed by atoms with E-state index in [1.54, 1.807) is 36.4 Å². The van der Waals surface area contributed by atoms with Crippen LogP contribution in [0.3, 0.4) is 0 Å². The number of hydrogen-bond donors (Lipinski definition) is 1. The summed E-state index contributed by atoms with van der Waals surface area (Å²) in [5, 5.41) is 14.7. The van der Waals surface area contributed by atoms with Crippen LogP contribution in [0.1, 0.15) is 21.5 Å². The van der Waals surface area contributed by atoms with Crippen LogP contribution in [0.15, 0.2) is 78.9 Å². The Morgan fingerprint density at radius 3 is 2.15 bits per heavy atom. The Kier molecular flexibility index (Phi) is 7.29. The molecule has 1 fully saturated rings. The molecule has 1 aliphatic rings. The van der Waals surface area contributed by atoms with Gasteiger partial charge in [-0.3, -0.25) is 24.6 Å². The van der Waals surface area contributed by atoms with Gasteiger partial charge in [0.1, 0.15) is 5.69 Å². The molecule has 3 aromatic rings. The molecule has 0 unspecified atom stereocenters. The normalized spacial score (nSPS) is 13.9. The van der Waals surface area contributed by atoms with Crippen LogP contribution in [0, 0.1) is 10.1 Å². The summed E-state index contributed by atoms with van der Waals surface area (Å²) in [7, 11) is 0. The van der Waals surface area contributed by atoms with E-state index in [2.05, 4.69) is 5.32 Å². The van der Waals surface area contributed by atoms with Crippen molar-refractivity contribution in [3.63, 3.8) is 0 Å². The fourth-order valence-corrected chi connectivity index (χ4v) is 4.04. The molecule has 0 bridgehead atoms. The average molecular weight is 459 g/mol. The van der Waals surface area contributed by atoms with Crippen LogP contribution >= 0.6 is 0 Å². The van der Waals surface area contributed by atoms with Crippen LogP contribution in [0.4, 0.5) is 11.4 Å². The maximum atomic E-state index is 12.7. The summed E-state index contributed by atoms with van der Waals surface area (Å²) in [5.74, 6) is -0.298. The number of carbonyl (C=O) groups is 2. The zero-order valence-electron chi connectivity index (χ0n) is 18.7. The first-order valence-corrected chi connectivity index (χ1v) is 11.2. The number of nitro benzene ring substituents is 1. The van der Waals surface area contributed by atoms with E-state index in [0.29, 0.717) is 44.0 Å². The highest BCUT2D eigenvalue weighted by Crippen LogP contribution is 2.31. The molecule has 174 valence electrons. The minimum absolute atomic E-state index is 0.0490. The zero-order valence-corrected chi connectivity index (χ0v) is 18.7. The second kappa shape index (κ2) is 10.7. The Morgan fingerprint density at radius 2 is 1.50 bits per heavy atom. The Labute approximate surface area is 198 Å². The highest BCUT2D eigenvalue weighted by Gasteiger charge is 2.26. The summed E-state index contributed by atoms with van der Waals surface area (Å²) in [6, 6.07) is 23.1. The summed E-state index contributed by atoms with van der Waals surface area (Å²) in [4.78, 5) is 40.3. The van der Waals surface area contributed by atoms with E-state index in [1.165, 1.54) is 6.07 Å². The van der Waals surface area contributed by atoms with E-state index in [9.17, 15) is 19.7 Å². The van der Waals surface area contributed by atoms with Gasteiger partial charge in [-0.25, -0.2) is 0 Å². The molecule has 8 heteroatoms. The lowest BCUT2D eigenvalue weighted by Gasteiger charge is -2.35. The van der Waals surface area contributed by atoms with Gasteiger partial charge in [-0.1, -0.05) is 60.7 Å². The first kappa shape index (κ1) is 23.1. The van der Waals surface area contributed by atoms with Crippen LogP contribution in [0.25, 0.3) is 0 Å². The number of hydrogen-bond acceptors (Lipinski definition) is 6. The Balaban J connectivity index is 1.36. The number of nitrogens with one attached hydrogen (secondary N) is 1. The summed E-state index contributed by atoms with van der Waals surface area (Å²) in [6.07, 6.45) is 0. The van der Waals surface area contributed by atoms with E-state index in [4.69, 9.17) is 0 Å². The molecule has 1 heterocycles. The molecule has 0 atom stereocenters. The van der Waals surface area contributed by atoms with Gasteiger partial charge >= 0.3 is 0 Å². The lowest BCUT2D eigenvalue weighted by atomic mass is 10.0. The molecule has 8 nitrogen and oxygen atoms in total. The maximum absolute atomic E-state index is 12.7. The molecule has 1 saturated heterocycles. The molecule has 4 rings (SSSR count). The number of nitro groups is 1. The predicted octanol–water partition coefficient (Wildman–Crippen LogP) is 3.26. The highest BCUT2D eigenvalue weighted by atomic mass is 16.6. The van der Waals surface area contributed by atoms with Crippen molar-refractivity contribution < 1.29 is 14.5 Å². The van der Waals surface area contributed by atoms with Crippen molar-refractivity contribution in [1.82, 2.24) is 10.2 Å². The molecular formula is C26H26N4O4. The van der Waals surface area contributed by atoms with Crippen LogP contribution in [-0.4, -0.2) is 54.2 Å². The largest absolute Gasteiger partial charge is 0.363 e. The first-order valence-electron chi connectivity index (χ1n) is 11.2. The fourth-order valence-electron chi connectivity index (χ4n) is 4.04. The SMILES string of the molecule is O=C(CN1CCN(c2ccc(C(=O)c3ccccc3)cc2[N+](=O)[O-])CC1)NCc1ccccc1. The van der Waals surface area contributed by atoms with Crippen molar-refractivity contribution in [3.8, 4) is 0 Å². The van der Waals surface area contributed by atoms with Crippen molar-refractivity contribution in [1.29, 1.82) is 0 Å². The number of benzene rings is 3. The van der Waals surface area contributed by atoms with Gasteiger partial charge in [-0.2, -0.15) is 0 Å². The van der Waals surface area contributed by atoms with Crippen LogP contribution in [0.2, 0.25) is 0 Å². The zero-order chi connectivity index (χ0) is 23.9. The highest BCUT2D eigenvalue weighted by molar-refractivity contribution is 6.09. The molecule has 1 amide bonds. The first-order chi connectivity index (χ1) is 16.5. The fraction of sp³-hybridized carbons (Fsp3) is 0.231. The monoisotopic (exact) mass is 458 g/mol. The predicted molar refractivity (Wildman–Crippen MR) is 130 cm³/mol. The minimum atomic E-state index is -0.444. The van der Waals surface area contributed by atoms with Crippen molar-refractivity contribution >= 4 is 23.1 Å². The molecule has 0 spiro atoms. The van der Waals surface area contributed by atoms with Gasteiger partial charge in [-0.05, 0) is 17.7 Å². The summed E-state index contributed by atoms with van der Waals surface area (Å²) < 4.78 is 0. The number of ketones is 1. The summed E-state index contributed by atoms with van der Waals surface area (Å²) in [6.45, 7) is 3.10. The Hall–Kier alpha value is -4.04. The third-order valence-electron chi connectivity index (χ3n) is 5.88. The third kappa shape index (κ3) is 5.65. The molecule has 0 radical (unpaired) electrons. The molecular weight excluding hydrogens is 432 g/mol. The van der Waals surface area contributed by atoms with E-state index in [1.807, 2.05) is 46.2 Å². The van der Waals surface area contributed by atoms with Crippen LogP contribution in [0.5, 0.6) is 0 Å². The Morgan fingerprint density at radius 1 is 0.853 bits per heavy atom. The van der Waals surface area contributed by atoms with Gasteiger partial charge in [0.05, 0.1) is 11.5 Å². The molecule has 34 heavy (non-hydrogen) atoms. The molecule has 1 aliphatic heterocycles. The number of carbonyl (C=O) groups excluding carboxylic acids is 2. The smallest absolute Gasteiger partial charge is 0.293 e. The van der Waals surface area contributed by atoms with Gasteiger partial charge in [0.25, 0.3) is 5.69 Å². The van der Waals surface area contributed by atoms with E-state index in [-0.39, 0.29) is 29.5 Å². The number of nitrogens with zero attached hydrogens (tertiary/aromatic N) is 3. The lowest BCUT2D eigenvalue weighted by Crippen LogP contribution is -2.49. The molecule has 1 N–H and O–H groups in total. The van der Waals surface area contributed by atoms with Gasteiger partial charge in [0, 0.05) is 49.9 Å². The van der Waals surface area contributed by atoms with Crippen LogP contribution < -0.4 is 10.2 Å². The second-order valence-electron chi connectivity index (χ2n) is 8.18. The van der Waals surface area contributed by atoms with E-state index < -0.39 is 4.92 Å². The third-order valence-corrected chi connectivity index (χ3v) is 5.88.